The molecule has 0 aromatic heterocycles. The largest absolute Gasteiger partial charge is 0.0903 e. The highest BCUT2D eigenvalue weighted by Crippen LogP contribution is 2.56. The van der Waals surface area contributed by atoms with Crippen molar-refractivity contribution in [3.05, 3.63) is 54.6 Å². The predicted molar refractivity (Wildman–Crippen MR) is 107 cm³/mol. The zero-order valence-corrected chi connectivity index (χ0v) is 16.3. The van der Waals surface area contributed by atoms with Crippen molar-refractivity contribution in [1.29, 1.82) is 0 Å². The molecular weight excluding hydrogens is 304 g/mol. The number of fused-ring (bicyclic) bond motifs is 1. The molecule has 0 amide bonds. The molecule has 0 heterocycles. The average Bonchev–Trinajstić information content (AvgIpc) is 3.00. The summed E-state index contributed by atoms with van der Waals surface area (Å²) in [6, 6.07) is 11.7. The average molecular weight is 337 g/mol. The molecule has 0 spiro atoms. The molecule has 0 radical (unpaired) electrons. The van der Waals surface area contributed by atoms with Crippen LogP contribution in [0.25, 0.3) is 0 Å². The van der Waals surface area contributed by atoms with Gasteiger partial charge in [-0.05, 0) is 35.3 Å². The van der Waals surface area contributed by atoms with Crippen LogP contribution in [-0.4, -0.2) is 8.07 Å². The van der Waals surface area contributed by atoms with Crippen molar-refractivity contribution in [2.75, 3.05) is 0 Å². The molecule has 5 atom stereocenters. The second-order valence-electron chi connectivity index (χ2n) is 8.73. The summed E-state index contributed by atoms with van der Waals surface area (Å²) in [6.45, 7) is 5.26. The lowest BCUT2D eigenvalue weighted by molar-refractivity contribution is 0.447. The molecule has 0 nitrogen and oxygen atoms in total. The van der Waals surface area contributed by atoms with Gasteiger partial charge in [0.2, 0.25) is 0 Å². The highest BCUT2D eigenvalue weighted by atomic mass is 28.3. The van der Waals surface area contributed by atoms with E-state index in [4.69, 9.17) is 0 Å². The summed E-state index contributed by atoms with van der Waals surface area (Å²) < 4.78 is 0. The van der Waals surface area contributed by atoms with Crippen LogP contribution in [0.4, 0.5) is 0 Å². The number of hydrogen-bond acceptors (Lipinski definition) is 0. The van der Waals surface area contributed by atoms with Gasteiger partial charge in [-0.1, -0.05) is 105 Å². The zero-order valence-electron chi connectivity index (χ0n) is 15.3. The molecule has 24 heavy (non-hydrogen) atoms. The Morgan fingerprint density at radius 1 is 0.875 bits per heavy atom. The van der Waals surface area contributed by atoms with E-state index < -0.39 is 8.07 Å². The van der Waals surface area contributed by atoms with Crippen LogP contribution < -0.4 is 5.19 Å². The molecule has 3 aliphatic carbocycles. The van der Waals surface area contributed by atoms with Gasteiger partial charge >= 0.3 is 0 Å². The summed E-state index contributed by atoms with van der Waals surface area (Å²) in [5.41, 5.74) is 1.91. The molecular formula is C23H32Si. The van der Waals surface area contributed by atoms with E-state index in [9.17, 15) is 0 Å². The van der Waals surface area contributed by atoms with Crippen LogP contribution in [-0.2, 0) is 0 Å². The molecule has 0 saturated heterocycles. The molecule has 1 aromatic rings. The van der Waals surface area contributed by atoms with E-state index in [1.54, 1.807) is 5.19 Å². The Bertz CT molecular complexity index is 610. The number of hydrogen-bond donors (Lipinski definition) is 0. The van der Waals surface area contributed by atoms with Crippen molar-refractivity contribution in [2.45, 2.75) is 63.1 Å². The summed E-state index contributed by atoms with van der Waals surface area (Å²) in [6.07, 6.45) is 18.5. The third-order valence-corrected chi connectivity index (χ3v) is 13.6. The molecule has 0 bridgehead atoms. The molecule has 4 rings (SSSR count). The lowest BCUT2D eigenvalue weighted by Crippen LogP contribution is -2.54. The van der Waals surface area contributed by atoms with Crippen LogP contribution in [0.15, 0.2) is 54.6 Å². The minimum Gasteiger partial charge on any atom is -0.0808 e. The highest BCUT2D eigenvalue weighted by molar-refractivity contribution is 6.93. The van der Waals surface area contributed by atoms with Crippen molar-refractivity contribution >= 4 is 13.3 Å². The highest BCUT2D eigenvalue weighted by Gasteiger charge is 2.53. The molecule has 2 saturated carbocycles. The maximum atomic E-state index is 2.75. The van der Waals surface area contributed by atoms with Gasteiger partial charge in [-0.25, -0.2) is 0 Å². The molecule has 2 fully saturated rings. The number of allylic oxidation sites excluding steroid dienone is 4. The van der Waals surface area contributed by atoms with E-state index in [0.717, 1.165) is 28.8 Å². The first kappa shape index (κ1) is 16.4. The van der Waals surface area contributed by atoms with Crippen molar-refractivity contribution in [3.8, 4) is 0 Å². The Balaban J connectivity index is 1.75. The van der Waals surface area contributed by atoms with Crippen molar-refractivity contribution in [3.63, 3.8) is 0 Å². The van der Waals surface area contributed by atoms with E-state index in [1.165, 1.54) is 38.5 Å². The van der Waals surface area contributed by atoms with Gasteiger partial charge in [-0.15, -0.1) is 0 Å². The molecule has 0 N–H and O–H groups in total. The quantitative estimate of drug-likeness (QED) is 0.587. The first-order chi connectivity index (χ1) is 11.7. The second kappa shape index (κ2) is 6.67. The van der Waals surface area contributed by atoms with Gasteiger partial charge in [-0.3, -0.25) is 0 Å². The zero-order chi connectivity index (χ0) is 16.6. The fourth-order valence-corrected chi connectivity index (χ4v) is 12.2. The van der Waals surface area contributed by atoms with Crippen molar-refractivity contribution in [2.24, 2.45) is 17.8 Å². The van der Waals surface area contributed by atoms with Crippen LogP contribution in [0, 0.1) is 17.8 Å². The summed E-state index contributed by atoms with van der Waals surface area (Å²) in [5.74, 6) is 2.43. The van der Waals surface area contributed by atoms with Gasteiger partial charge < -0.3 is 0 Å². The normalized spacial score (nSPS) is 35.6. The van der Waals surface area contributed by atoms with Gasteiger partial charge in [-0.2, -0.15) is 0 Å². The monoisotopic (exact) mass is 336 g/mol. The van der Waals surface area contributed by atoms with E-state index in [1.807, 2.05) is 0 Å². The van der Waals surface area contributed by atoms with Crippen molar-refractivity contribution < 1.29 is 0 Å². The smallest absolute Gasteiger partial charge is 0.0808 e. The third kappa shape index (κ3) is 2.65. The van der Waals surface area contributed by atoms with Crippen LogP contribution in [0.2, 0.25) is 17.6 Å². The lowest BCUT2D eigenvalue weighted by atomic mass is 9.87. The Morgan fingerprint density at radius 2 is 1.54 bits per heavy atom. The predicted octanol–water partition coefficient (Wildman–Crippen LogP) is 6.07. The maximum absolute atomic E-state index is 2.75. The van der Waals surface area contributed by atoms with Gasteiger partial charge in [0, 0.05) is 0 Å². The molecule has 128 valence electrons. The van der Waals surface area contributed by atoms with Gasteiger partial charge in [0.05, 0.1) is 8.07 Å². The molecule has 3 aliphatic rings. The van der Waals surface area contributed by atoms with Crippen molar-refractivity contribution in [1.82, 2.24) is 0 Å². The first-order valence-corrected chi connectivity index (χ1v) is 12.8. The third-order valence-electron chi connectivity index (χ3n) is 7.59. The number of rotatable bonds is 3. The van der Waals surface area contributed by atoms with E-state index in [0.29, 0.717) is 0 Å². The second-order valence-corrected chi connectivity index (χ2v) is 13.4. The Morgan fingerprint density at radius 3 is 2.25 bits per heavy atom. The molecule has 5 unspecified atom stereocenters. The standard InChI is InChI=1S/C23H32Si/c1-18-17-23(22-16-10-9-15-21(18)22)24(2,19-11-5-3-6-12-19)20-13-7-4-8-14-20/h3,5-6,9-12,15-16,18,20-23H,4,7-8,13-14,17H2,1-2H3. The molecule has 1 heteroatoms. The number of benzene rings is 1. The first-order valence-electron chi connectivity index (χ1n) is 10.1. The van der Waals surface area contributed by atoms with Gasteiger partial charge in [0.25, 0.3) is 0 Å². The Labute approximate surface area is 149 Å². The van der Waals surface area contributed by atoms with Crippen LogP contribution in [0.3, 0.4) is 0 Å². The fraction of sp³-hybridized carbons (Fsp3) is 0.565. The Kier molecular flexibility index (Phi) is 4.55. The topological polar surface area (TPSA) is 0 Å². The lowest BCUT2D eigenvalue weighted by Gasteiger charge is -2.45. The summed E-state index contributed by atoms with van der Waals surface area (Å²) >= 11 is 0. The molecule has 1 aromatic carbocycles. The van der Waals surface area contributed by atoms with E-state index >= 15 is 0 Å². The maximum Gasteiger partial charge on any atom is 0.0903 e. The minimum atomic E-state index is -1.53. The van der Waals surface area contributed by atoms with E-state index in [2.05, 4.69) is 68.1 Å². The van der Waals surface area contributed by atoms with Crippen LogP contribution in [0.5, 0.6) is 0 Å². The summed E-state index contributed by atoms with van der Waals surface area (Å²) in [7, 11) is -1.53. The van der Waals surface area contributed by atoms with Gasteiger partial charge in [0.1, 0.15) is 0 Å². The summed E-state index contributed by atoms with van der Waals surface area (Å²) in [5, 5.41) is 1.73. The van der Waals surface area contributed by atoms with Crippen LogP contribution in [0.1, 0.15) is 45.4 Å². The molecule has 0 aliphatic heterocycles. The SMILES string of the molecule is CC1CC([Si](C)(c2ccccc2)C2CCCCC2)C2C=CC=CC12. The summed E-state index contributed by atoms with van der Waals surface area (Å²) in [4.78, 5) is 0. The minimum absolute atomic E-state index is 0.791. The van der Waals surface area contributed by atoms with Gasteiger partial charge in [0.15, 0.2) is 0 Å². The Hall–Kier alpha value is -1.08. The fourth-order valence-electron chi connectivity index (χ4n) is 6.22. The van der Waals surface area contributed by atoms with E-state index in [-0.39, 0.29) is 0 Å². The van der Waals surface area contributed by atoms with Crippen LogP contribution >= 0.6 is 0 Å².